The van der Waals surface area contributed by atoms with E-state index in [1.54, 1.807) is 10.5 Å². The molecule has 0 radical (unpaired) electrons. The number of hydrogen-bond acceptors (Lipinski definition) is 4. The van der Waals surface area contributed by atoms with E-state index in [0.29, 0.717) is 6.54 Å². The van der Waals surface area contributed by atoms with E-state index < -0.39 is 10.0 Å². The van der Waals surface area contributed by atoms with Gasteiger partial charge in [0.05, 0.1) is 11.8 Å². The number of nitrogens with zero attached hydrogens (tertiary/aromatic N) is 2. The van der Waals surface area contributed by atoms with Crippen LogP contribution in [0.2, 0.25) is 0 Å². The van der Waals surface area contributed by atoms with Crippen molar-refractivity contribution < 1.29 is 8.42 Å². The number of aromatic nitrogens is 1. The highest BCUT2D eigenvalue weighted by Crippen LogP contribution is 2.36. The van der Waals surface area contributed by atoms with Crippen LogP contribution < -0.4 is 0 Å². The van der Waals surface area contributed by atoms with Crippen LogP contribution in [0.5, 0.6) is 0 Å². The molecule has 1 aromatic carbocycles. The second-order valence-electron chi connectivity index (χ2n) is 5.32. The molecule has 2 aromatic rings. The summed E-state index contributed by atoms with van der Waals surface area (Å²) < 4.78 is 27.2. The topological polar surface area (TPSA) is 50.3 Å². The standard InChI is InChI=1S/C15H18N2O2S2/c1-12-5-2-3-6-13(12)11-21(18,19)17-9-4-7-14(17)15-16-8-10-20-15/h2-3,5-6,8,10,14H,4,7,9,11H2,1H3. The Kier molecular flexibility index (Phi) is 4.10. The molecule has 2 heterocycles. The third-order valence-corrected chi connectivity index (χ3v) is 6.60. The fraction of sp³-hybridized carbons (Fsp3) is 0.400. The zero-order valence-corrected chi connectivity index (χ0v) is 13.5. The van der Waals surface area contributed by atoms with Crippen molar-refractivity contribution >= 4 is 21.4 Å². The summed E-state index contributed by atoms with van der Waals surface area (Å²) in [6.45, 7) is 2.55. The SMILES string of the molecule is Cc1ccccc1CS(=O)(=O)N1CCCC1c1nccs1. The molecule has 0 bridgehead atoms. The number of sulfonamides is 1. The molecular weight excluding hydrogens is 304 g/mol. The van der Waals surface area contributed by atoms with E-state index in [1.807, 2.05) is 36.6 Å². The summed E-state index contributed by atoms with van der Waals surface area (Å²) in [7, 11) is -3.31. The summed E-state index contributed by atoms with van der Waals surface area (Å²) in [6.07, 6.45) is 3.50. The molecule has 0 spiro atoms. The van der Waals surface area contributed by atoms with Gasteiger partial charge in [0, 0.05) is 18.1 Å². The normalized spacial score (nSPS) is 20.0. The fourth-order valence-corrected chi connectivity index (χ4v) is 5.51. The molecule has 1 atom stereocenters. The predicted molar refractivity (Wildman–Crippen MR) is 84.6 cm³/mol. The second kappa shape index (κ2) is 5.87. The molecule has 0 amide bonds. The molecule has 0 N–H and O–H groups in total. The van der Waals surface area contributed by atoms with Crippen molar-refractivity contribution in [1.82, 2.24) is 9.29 Å². The predicted octanol–water partition coefficient (Wildman–Crippen LogP) is 3.12. The van der Waals surface area contributed by atoms with Gasteiger partial charge in [-0.2, -0.15) is 4.31 Å². The molecule has 6 heteroatoms. The van der Waals surface area contributed by atoms with E-state index in [0.717, 1.165) is 29.0 Å². The molecule has 21 heavy (non-hydrogen) atoms. The first-order chi connectivity index (χ1) is 10.1. The molecule has 1 unspecified atom stereocenters. The van der Waals surface area contributed by atoms with Crippen LogP contribution in [0.25, 0.3) is 0 Å². The Balaban J connectivity index is 1.86. The summed E-state index contributed by atoms with van der Waals surface area (Å²) >= 11 is 1.53. The highest BCUT2D eigenvalue weighted by atomic mass is 32.2. The van der Waals surface area contributed by atoms with Gasteiger partial charge in [-0.25, -0.2) is 13.4 Å². The Morgan fingerprint density at radius 1 is 1.38 bits per heavy atom. The second-order valence-corrected chi connectivity index (χ2v) is 8.17. The Bertz CT molecular complexity index is 711. The molecule has 1 fully saturated rings. The van der Waals surface area contributed by atoms with E-state index in [-0.39, 0.29) is 11.8 Å². The van der Waals surface area contributed by atoms with Crippen LogP contribution in [0.15, 0.2) is 35.8 Å². The van der Waals surface area contributed by atoms with Crippen molar-refractivity contribution in [2.75, 3.05) is 6.54 Å². The molecule has 1 aliphatic heterocycles. The summed E-state index contributed by atoms with van der Waals surface area (Å²) in [4.78, 5) is 4.30. The molecule has 1 aromatic heterocycles. The van der Waals surface area contributed by atoms with Crippen LogP contribution in [0, 0.1) is 6.92 Å². The van der Waals surface area contributed by atoms with Crippen molar-refractivity contribution in [3.63, 3.8) is 0 Å². The average Bonchev–Trinajstić information content (AvgIpc) is 3.11. The highest BCUT2D eigenvalue weighted by molar-refractivity contribution is 7.88. The summed E-state index contributed by atoms with van der Waals surface area (Å²) in [5.74, 6) is 0.0710. The van der Waals surface area contributed by atoms with Gasteiger partial charge < -0.3 is 0 Å². The van der Waals surface area contributed by atoms with Crippen LogP contribution in [-0.4, -0.2) is 24.3 Å². The van der Waals surface area contributed by atoms with Gasteiger partial charge in [-0.15, -0.1) is 11.3 Å². The van der Waals surface area contributed by atoms with Crippen LogP contribution in [-0.2, 0) is 15.8 Å². The lowest BCUT2D eigenvalue weighted by Crippen LogP contribution is -2.31. The first-order valence-electron chi connectivity index (χ1n) is 7.01. The van der Waals surface area contributed by atoms with Gasteiger partial charge in [-0.1, -0.05) is 24.3 Å². The van der Waals surface area contributed by atoms with E-state index in [2.05, 4.69) is 4.98 Å². The van der Waals surface area contributed by atoms with Crippen molar-refractivity contribution in [2.45, 2.75) is 31.6 Å². The Morgan fingerprint density at radius 2 is 2.19 bits per heavy atom. The van der Waals surface area contributed by atoms with Gasteiger partial charge in [0.2, 0.25) is 10.0 Å². The van der Waals surface area contributed by atoms with Crippen LogP contribution in [0.1, 0.15) is 35.0 Å². The summed E-state index contributed by atoms with van der Waals surface area (Å²) in [5.41, 5.74) is 1.90. The largest absolute Gasteiger partial charge is 0.248 e. The summed E-state index contributed by atoms with van der Waals surface area (Å²) in [6, 6.07) is 7.58. The van der Waals surface area contributed by atoms with Gasteiger partial charge in [-0.3, -0.25) is 0 Å². The van der Waals surface area contributed by atoms with E-state index in [1.165, 1.54) is 11.3 Å². The lowest BCUT2D eigenvalue weighted by Gasteiger charge is -2.23. The molecule has 1 aliphatic rings. The lowest BCUT2D eigenvalue weighted by molar-refractivity contribution is 0.395. The van der Waals surface area contributed by atoms with Gasteiger partial charge in [0.25, 0.3) is 0 Å². The number of aryl methyl sites for hydroxylation is 1. The van der Waals surface area contributed by atoms with E-state index in [4.69, 9.17) is 0 Å². The van der Waals surface area contributed by atoms with Gasteiger partial charge in [-0.05, 0) is 30.9 Å². The first-order valence-corrected chi connectivity index (χ1v) is 9.50. The molecule has 1 saturated heterocycles. The van der Waals surface area contributed by atoms with E-state index in [9.17, 15) is 8.42 Å². The van der Waals surface area contributed by atoms with Crippen LogP contribution in [0.4, 0.5) is 0 Å². The van der Waals surface area contributed by atoms with Gasteiger partial charge in [0.1, 0.15) is 5.01 Å². The number of hydrogen-bond donors (Lipinski definition) is 0. The number of benzene rings is 1. The van der Waals surface area contributed by atoms with Gasteiger partial charge in [0.15, 0.2) is 0 Å². The quantitative estimate of drug-likeness (QED) is 0.869. The van der Waals surface area contributed by atoms with Gasteiger partial charge >= 0.3 is 0 Å². The van der Waals surface area contributed by atoms with Crippen molar-refractivity contribution in [2.24, 2.45) is 0 Å². The van der Waals surface area contributed by atoms with Crippen LogP contribution >= 0.6 is 11.3 Å². The zero-order chi connectivity index (χ0) is 14.9. The monoisotopic (exact) mass is 322 g/mol. The molecule has 4 nitrogen and oxygen atoms in total. The average molecular weight is 322 g/mol. The van der Waals surface area contributed by atoms with E-state index >= 15 is 0 Å². The number of thiazole rings is 1. The maximum atomic E-state index is 12.8. The molecule has 112 valence electrons. The smallest absolute Gasteiger partial charge is 0.218 e. The van der Waals surface area contributed by atoms with Crippen molar-refractivity contribution in [1.29, 1.82) is 0 Å². The minimum atomic E-state index is -3.31. The minimum absolute atomic E-state index is 0.0710. The Labute approximate surface area is 129 Å². The zero-order valence-electron chi connectivity index (χ0n) is 11.9. The Morgan fingerprint density at radius 3 is 2.90 bits per heavy atom. The third-order valence-electron chi connectivity index (χ3n) is 3.90. The summed E-state index contributed by atoms with van der Waals surface area (Å²) in [5, 5.41) is 2.81. The molecule has 0 saturated carbocycles. The molecule has 0 aliphatic carbocycles. The maximum absolute atomic E-state index is 12.8. The lowest BCUT2D eigenvalue weighted by atomic mass is 10.1. The number of rotatable bonds is 4. The first kappa shape index (κ1) is 14.7. The minimum Gasteiger partial charge on any atom is -0.248 e. The molecular formula is C15H18N2O2S2. The van der Waals surface area contributed by atoms with Crippen LogP contribution in [0.3, 0.4) is 0 Å². The van der Waals surface area contributed by atoms with Crippen molar-refractivity contribution in [3.05, 3.63) is 52.0 Å². The Hall–Kier alpha value is -1.24. The van der Waals surface area contributed by atoms with Crippen molar-refractivity contribution in [3.8, 4) is 0 Å². The maximum Gasteiger partial charge on any atom is 0.218 e. The third kappa shape index (κ3) is 3.02. The fourth-order valence-electron chi connectivity index (χ4n) is 2.77. The highest BCUT2D eigenvalue weighted by Gasteiger charge is 2.36. The molecule has 3 rings (SSSR count).